The second-order valence-corrected chi connectivity index (χ2v) is 6.80. The van der Waals surface area contributed by atoms with Crippen LogP contribution in [-0.2, 0) is 16.0 Å². The van der Waals surface area contributed by atoms with E-state index in [0.717, 1.165) is 12.0 Å². The highest BCUT2D eigenvalue weighted by atomic mass is 16.3. The number of amides is 2. The maximum atomic E-state index is 12.6. The van der Waals surface area contributed by atoms with Crippen LogP contribution < -0.4 is 5.32 Å². The Balaban J connectivity index is 1.71. The van der Waals surface area contributed by atoms with Gasteiger partial charge in [0.15, 0.2) is 0 Å². The predicted octanol–water partition coefficient (Wildman–Crippen LogP) is 1.03. The fourth-order valence-electron chi connectivity index (χ4n) is 3.65. The molecule has 23 heavy (non-hydrogen) atoms. The van der Waals surface area contributed by atoms with E-state index in [4.69, 9.17) is 0 Å². The Bertz CT molecular complexity index is 599. The van der Waals surface area contributed by atoms with Gasteiger partial charge >= 0.3 is 0 Å². The minimum absolute atomic E-state index is 0.0264. The van der Waals surface area contributed by atoms with E-state index in [9.17, 15) is 14.7 Å². The van der Waals surface area contributed by atoms with Crippen LogP contribution in [0.1, 0.15) is 30.4 Å². The number of rotatable bonds is 2. The number of hydrogen-bond donors (Lipinski definition) is 2. The monoisotopic (exact) mass is 316 g/mol. The molecule has 1 spiro atoms. The highest BCUT2D eigenvalue weighted by Gasteiger charge is 2.50. The number of carbonyl (C=O) groups is 2. The van der Waals surface area contributed by atoms with Crippen molar-refractivity contribution in [3.63, 3.8) is 0 Å². The molecule has 1 aromatic carbocycles. The van der Waals surface area contributed by atoms with Gasteiger partial charge in [-0.15, -0.1) is 0 Å². The third-order valence-electron chi connectivity index (χ3n) is 5.15. The minimum Gasteiger partial charge on any atom is -0.392 e. The topological polar surface area (TPSA) is 69.6 Å². The van der Waals surface area contributed by atoms with E-state index >= 15 is 0 Å². The van der Waals surface area contributed by atoms with Crippen molar-refractivity contribution in [2.45, 2.75) is 38.7 Å². The van der Waals surface area contributed by atoms with E-state index < -0.39 is 11.5 Å². The van der Waals surface area contributed by atoms with Gasteiger partial charge in [-0.1, -0.05) is 29.8 Å². The highest BCUT2D eigenvalue weighted by molar-refractivity contribution is 5.86. The number of carbonyl (C=O) groups excluding carboxylic acids is 2. The molecular weight excluding hydrogens is 292 g/mol. The molecule has 2 fully saturated rings. The van der Waals surface area contributed by atoms with Gasteiger partial charge in [0.25, 0.3) is 0 Å². The Hall–Kier alpha value is -1.88. The van der Waals surface area contributed by atoms with Crippen molar-refractivity contribution >= 4 is 11.8 Å². The first kappa shape index (κ1) is 16.0. The standard InChI is InChI=1S/C18H24N2O3/c1-13-3-5-14(6-4-13)11-16(22)20-10-7-15(21)18(12-20)8-2-9-19-17(18)23/h3-6,15,21H,2,7-12H2,1H3,(H,19,23)/t15-,18-/m1/s1. The molecule has 2 N–H and O–H groups in total. The molecule has 0 radical (unpaired) electrons. The summed E-state index contributed by atoms with van der Waals surface area (Å²) in [5.74, 6) is -0.0809. The molecule has 0 saturated carbocycles. The average molecular weight is 316 g/mol. The summed E-state index contributed by atoms with van der Waals surface area (Å²) in [6, 6.07) is 7.93. The number of nitrogens with one attached hydrogen (secondary N) is 1. The Kier molecular flexibility index (Phi) is 4.39. The molecule has 0 unspecified atom stereocenters. The summed E-state index contributed by atoms with van der Waals surface area (Å²) in [6.45, 7) is 3.51. The van der Waals surface area contributed by atoms with Crippen molar-refractivity contribution in [2.75, 3.05) is 19.6 Å². The SMILES string of the molecule is Cc1ccc(CC(=O)N2CC[C@@H](O)[C@@]3(CCCNC3=O)C2)cc1. The van der Waals surface area contributed by atoms with E-state index in [1.807, 2.05) is 31.2 Å². The highest BCUT2D eigenvalue weighted by Crippen LogP contribution is 2.37. The van der Waals surface area contributed by atoms with Crippen LogP contribution in [0.5, 0.6) is 0 Å². The molecular formula is C18H24N2O3. The first-order chi connectivity index (χ1) is 11.0. The van der Waals surface area contributed by atoms with Gasteiger partial charge < -0.3 is 15.3 Å². The quantitative estimate of drug-likeness (QED) is 0.856. The number of likely N-dealkylation sites (tertiary alicyclic amines) is 1. The molecule has 0 bridgehead atoms. The first-order valence-corrected chi connectivity index (χ1v) is 8.31. The summed E-state index contributed by atoms with van der Waals surface area (Å²) in [5, 5.41) is 13.2. The fraction of sp³-hybridized carbons (Fsp3) is 0.556. The Morgan fingerprint density at radius 3 is 2.83 bits per heavy atom. The van der Waals surface area contributed by atoms with E-state index in [0.29, 0.717) is 38.9 Å². The predicted molar refractivity (Wildman–Crippen MR) is 86.8 cm³/mol. The lowest BCUT2D eigenvalue weighted by Crippen LogP contribution is -2.62. The molecule has 2 aliphatic rings. The number of benzene rings is 1. The Morgan fingerprint density at radius 2 is 2.13 bits per heavy atom. The van der Waals surface area contributed by atoms with Gasteiger partial charge in [-0.05, 0) is 31.7 Å². The largest absolute Gasteiger partial charge is 0.392 e. The van der Waals surface area contributed by atoms with E-state index in [1.54, 1.807) is 4.90 Å². The molecule has 2 aliphatic heterocycles. The molecule has 2 amide bonds. The first-order valence-electron chi connectivity index (χ1n) is 8.31. The zero-order valence-corrected chi connectivity index (χ0v) is 13.5. The van der Waals surface area contributed by atoms with Crippen LogP contribution >= 0.6 is 0 Å². The molecule has 1 aromatic rings. The maximum Gasteiger partial charge on any atom is 0.230 e. The molecule has 2 saturated heterocycles. The summed E-state index contributed by atoms with van der Waals surface area (Å²) >= 11 is 0. The average Bonchev–Trinajstić information content (AvgIpc) is 2.55. The number of hydrogen-bond acceptors (Lipinski definition) is 3. The maximum absolute atomic E-state index is 12.6. The molecule has 2 heterocycles. The molecule has 5 heteroatoms. The number of aliphatic hydroxyl groups is 1. The van der Waals surface area contributed by atoms with Crippen molar-refractivity contribution in [1.82, 2.24) is 10.2 Å². The van der Waals surface area contributed by atoms with Crippen LogP contribution in [0.2, 0.25) is 0 Å². The Morgan fingerprint density at radius 1 is 1.39 bits per heavy atom. The van der Waals surface area contributed by atoms with Crippen LogP contribution in [-0.4, -0.2) is 47.6 Å². The second kappa shape index (κ2) is 6.32. The van der Waals surface area contributed by atoms with Crippen molar-refractivity contribution in [2.24, 2.45) is 5.41 Å². The minimum atomic E-state index is -0.820. The van der Waals surface area contributed by atoms with Crippen molar-refractivity contribution in [1.29, 1.82) is 0 Å². The molecule has 3 rings (SSSR count). The van der Waals surface area contributed by atoms with E-state index in [-0.39, 0.29) is 11.8 Å². The zero-order chi connectivity index (χ0) is 16.4. The molecule has 0 aromatic heterocycles. The van der Waals surface area contributed by atoms with Gasteiger partial charge in [-0.2, -0.15) is 0 Å². The Labute approximate surface area is 136 Å². The summed E-state index contributed by atoms with van der Waals surface area (Å²) in [7, 11) is 0. The lowest BCUT2D eigenvalue weighted by molar-refractivity contribution is -0.154. The summed E-state index contributed by atoms with van der Waals surface area (Å²) in [4.78, 5) is 26.7. The lowest BCUT2D eigenvalue weighted by Gasteiger charge is -2.46. The molecule has 124 valence electrons. The fourth-order valence-corrected chi connectivity index (χ4v) is 3.65. The molecule has 5 nitrogen and oxygen atoms in total. The zero-order valence-electron chi connectivity index (χ0n) is 13.5. The molecule has 0 aliphatic carbocycles. The normalized spacial score (nSPS) is 27.8. The van der Waals surface area contributed by atoms with E-state index in [2.05, 4.69) is 5.32 Å². The van der Waals surface area contributed by atoms with Crippen LogP contribution in [0.3, 0.4) is 0 Å². The number of piperidine rings is 2. The van der Waals surface area contributed by atoms with Crippen molar-refractivity contribution < 1.29 is 14.7 Å². The third kappa shape index (κ3) is 3.11. The van der Waals surface area contributed by atoms with Gasteiger partial charge in [0, 0.05) is 19.6 Å². The van der Waals surface area contributed by atoms with Crippen LogP contribution in [0.4, 0.5) is 0 Å². The van der Waals surface area contributed by atoms with Gasteiger partial charge in [-0.3, -0.25) is 9.59 Å². The smallest absolute Gasteiger partial charge is 0.230 e. The van der Waals surface area contributed by atoms with Gasteiger partial charge in [0.1, 0.15) is 0 Å². The van der Waals surface area contributed by atoms with Crippen LogP contribution in [0.25, 0.3) is 0 Å². The second-order valence-electron chi connectivity index (χ2n) is 6.80. The lowest BCUT2D eigenvalue weighted by atomic mass is 9.71. The van der Waals surface area contributed by atoms with Crippen LogP contribution in [0, 0.1) is 12.3 Å². The summed E-state index contributed by atoms with van der Waals surface area (Å²) in [6.07, 6.45) is 1.64. The van der Waals surface area contributed by atoms with Crippen molar-refractivity contribution in [3.05, 3.63) is 35.4 Å². The number of aryl methyl sites for hydroxylation is 1. The third-order valence-corrected chi connectivity index (χ3v) is 5.15. The summed E-state index contributed by atoms with van der Waals surface area (Å²) in [5.41, 5.74) is 1.33. The number of nitrogens with zero attached hydrogens (tertiary/aromatic N) is 1. The van der Waals surface area contributed by atoms with Crippen molar-refractivity contribution in [3.8, 4) is 0 Å². The van der Waals surface area contributed by atoms with Gasteiger partial charge in [0.2, 0.25) is 11.8 Å². The number of aliphatic hydroxyl groups excluding tert-OH is 1. The van der Waals surface area contributed by atoms with E-state index in [1.165, 1.54) is 5.56 Å². The molecule has 2 atom stereocenters. The summed E-state index contributed by atoms with van der Waals surface area (Å²) < 4.78 is 0. The van der Waals surface area contributed by atoms with Gasteiger partial charge in [-0.25, -0.2) is 0 Å². The van der Waals surface area contributed by atoms with Gasteiger partial charge in [0.05, 0.1) is 17.9 Å². The van der Waals surface area contributed by atoms with Crippen LogP contribution in [0.15, 0.2) is 24.3 Å².